The van der Waals surface area contributed by atoms with Crippen LogP contribution in [0, 0.1) is 0 Å². The Morgan fingerprint density at radius 3 is 2.45 bits per heavy atom. The Hall–Kier alpha value is -3.67. The molecule has 3 aromatic rings. The molecule has 0 saturated carbocycles. The fourth-order valence-corrected chi connectivity index (χ4v) is 4.24. The van der Waals surface area contributed by atoms with Crippen molar-refractivity contribution >= 4 is 17.7 Å². The maximum absolute atomic E-state index is 13.1. The first-order chi connectivity index (χ1) is 15.2. The lowest BCUT2D eigenvalue weighted by molar-refractivity contribution is 0.0252. The number of rotatable bonds is 3. The van der Waals surface area contributed by atoms with Gasteiger partial charge < -0.3 is 14.5 Å². The summed E-state index contributed by atoms with van der Waals surface area (Å²) in [5.74, 6) is 0.602. The Labute approximate surface area is 181 Å². The monoisotopic (exact) mass is 413 g/mol. The molecule has 0 spiro atoms. The number of pyridine rings is 1. The number of ether oxygens (including phenoxy) is 1. The lowest BCUT2D eigenvalue weighted by Crippen LogP contribution is -2.49. The van der Waals surface area contributed by atoms with Gasteiger partial charge in [-0.3, -0.25) is 4.79 Å². The van der Waals surface area contributed by atoms with E-state index >= 15 is 0 Å². The van der Waals surface area contributed by atoms with Crippen LogP contribution in [-0.2, 0) is 11.2 Å². The first-order valence-electron chi connectivity index (χ1n) is 10.5. The van der Waals surface area contributed by atoms with Crippen molar-refractivity contribution in [2.45, 2.75) is 12.5 Å². The van der Waals surface area contributed by atoms with Gasteiger partial charge in [-0.15, -0.1) is 0 Å². The SMILES string of the molecule is O=C1O[C@@H](c2ccccc2)Cc2cc(C(=O)N3CCN(c4ccccn4)CC3)ccc21. The largest absolute Gasteiger partial charge is 0.454 e. The molecule has 3 heterocycles. The molecule has 1 saturated heterocycles. The number of carbonyl (C=O) groups is 2. The summed E-state index contributed by atoms with van der Waals surface area (Å²) >= 11 is 0. The zero-order valence-electron chi connectivity index (χ0n) is 17.1. The molecule has 0 unspecified atom stereocenters. The average Bonchev–Trinajstić information content (AvgIpc) is 2.84. The van der Waals surface area contributed by atoms with E-state index in [1.165, 1.54) is 0 Å². The van der Waals surface area contributed by atoms with Crippen molar-refractivity contribution in [2.24, 2.45) is 0 Å². The van der Waals surface area contributed by atoms with Gasteiger partial charge in [0, 0.05) is 44.4 Å². The third-order valence-electron chi connectivity index (χ3n) is 5.94. The number of aromatic nitrogens is 1. The average molecular weight is 413 g/mol. The van der Waals surface area contributed by atoms with Crippen LogP contribution < -0.4 is 4.90 Å². The molecule has 1 amide bonds. The van der Waals surface area contributed by atoms with E-state index in [1.807, 2.05) is 59.5 Å². The standard InChI is InChI=1S/C25H23N3O3/c29-24(28-14-12-27(13-15-28)23-8-4-5-11-26-23)19-9-10-21-20(16-19)17-22(31-25(21)30)18-6-2-1-3-7-18/h1-11,16,22H,12-15,17H2/t22-/m1/s1. The van der Waals surface area contributed by atoms with Crippen molar-refractivity contribution in [1.29, 1.82) is 0 Å². The summed E-state index contributed by atoms with van der Waals surface area (Å²) in [6.45, 7) is 2.77. The number of nitrogens with zero attached hydrogens (tertiary/aromatic N) is 3. The number of carbonyl (C=O) groups excluding carboxylic acids is 2. The molecule has 0 bridgehead atoms. The van der Waals surface area contributed by atoms with Crippen LogP contribution in [0.3, 0.4) is 0 Å². The quantitative estimate of drug-likeness (QED) is 0.615. The highest BCUT2D eigenvalue weighted by Gasteiger charge is 2.29. The molecule has 5 rings (SSSR count). The van der Waals surface area contributed by atoms with Crippen molar-refractivity contribution in [1.82, 2.24) is 9.88 Å². The zero-order valence-corrected chi connectivity index (χ0v) is 17.1. The molecule has 31 heavy (non-hydrogen) atoms. The summed E-state index contributed by atoms with van der Waals surface area (Å²) in [6, 6.07) is 20.9. The molecular weight excluding hydrogens is 390 g/mol. The highest BCUT2D eigenvalue weighted by Crippen LogP contribution is 2.31. The third kappa shape index (κ3) is 3.89. The molecule has 1 fully saturated rings. The molecule has 6 nitrogen and oxygen atoms in total. The predicted molar refractivity (Wildman–Crippen MR) is 117 cm³/mol. The number of benzene rings is 2. The number of hydrogen-bond acceptors (Lipinski definition) is 5. The van der Waals surface area contributed by atoms with Crippen molar-refractivity contribution < 1.29 is 14.3 Å². The van der Waals surface area contributed by atoms with Gasteiger partial charge in [0.05, 0.1) is 5.56 Å². The van der Waals surface area contributed by atoms with E-state index in [-0.39, 0.29) is 18.0 Å². The molecule has 6 heteroatoms. The number of piperazine rings is 1. The number of fused-ring (bicyclic) bond motifs is 1. The van der Waals surface area contributed by atoms with Gasteiger partial charge in [-0.1, -0.05) is 36.4 Å². The van der Waals surface area contributed by atoms with Crippen molar-refractivity contribution in [3.8, 4) is 0 Å². The number of esters is 1. The molecule has 1 atom stereocenters. The number of anilines is 1. The van der Waals surface area contributed by atoms with E-state index < -0.39 is 0 Å². The molecule has 2 aliphatic heterocycles. The van der Waals surface area contributed by atoms with Crippen molar-refractivity contribution in [3.63, 3.8) is 0 Å². The summed E-state index contributed by atoms with van der Waals surface area (Å²) in [6.07, 6.45) is 2.03. The molecular formula is C25H23N3O3. The van der Waals surface area contributed by atoms with E-state index in [2.05, 4.69) is 9.88 Å². The number of amides is 1. The minimum Gasteiger partial charge on any atom is -0.454 e. The Bertz CT molecular complexity index is 1090. The highest BCUT2D eigenvalue weighted by molar-refractivity contribution is 5.98. The van der Waals surface area contributed by atoms with Crippen LogP contribution in [0.1, 0.15) is 37.9 Å². The van der Waals surface area contributed by atoms with E-state index in [4.69, 9.17) is 4.74 Å². The van der Waals surface area contributed by atoms with Crippen molar-refractivity contribution in [3.05, 3.63) is 95.2 Å². The summed E-state index contributed by atoms with van der Waals surface area (Å²) in [5, 5.41) is 0. The van der Waals surface area contributed by atoms with Gasteiger partial charge in [-0.25, -0.2) is 9.78 Å². The van der Waals surface area contributed by atoms with E-state index in [1.54, 1.807) is 18.3 Å². The Morgan fingerprint density at radius 1 is 0.935 bits per heavy atom. The molecule has 0 aliphatic carbocycles. The first-order valence-corrected chi connectivity index (χ1v) is 10.5. The topological polar surface area (TPSA) is 62.7 Å². The number of cyclic esters (lactones) is 1. The Morgan fingerprint density at radius 2 is 1.71 bits per heavy atom. The molecule has 0 N–H and O–H groups in total. The second-order valence-corrected chi connectivity index (χ2v) is 7.85. The van der Waals surface area contributed by atoms with Gasteiger partial charge in [0.15, 0.2) is 0 Å². The van der Waals surface area contributed by atoms with Crippen LogP contribution in [0.2, 0.25) is 0 Å². The van der Waals surface area contributed by atoms with Gasteiger partial charge in [0.1, 0.15) is 11.9 Å². The summed E-state index contributed by atoms with van der Waals surface area (Å²) in [5.41, 5.74) is 2.99. The smallest absolute Gasteiger partial charge is 0.339 e. The van der Waals surface area contributed by atoms with Crippen LogP contribution in [0.25, 0.3) is 0 Å². The van der Waals surface area contributed by atoms with Crippen LogP contribution in [0.15, 0.2) is 72.9 Å². The van der Waals surface area contributed by atoms with Gasteiger partial charge in [-0.05, 0) is 41.5 Å². The lowest BCUT2D eigenvalue weighted by Gasteiger charge is -2.35. The van der Waals surface area contributed by atoms with Crippen LogP contribution in [-0.4, -0.2) is 47.9 Å². The van der Waals surface area contributed by atoms with Gasteiger partial charge >= 0.3 is 5.97 Å². The normalized spacial score (nSPS) is 18.3. The van der Waals surface area contributed by atoms with Gasteiger partial charge in [-0.2, -0.15) is 0 Å². The lowest BCUT2D eigenvalue weighted by atomic mass is 9.93. The molecule has 0 radical (unpaired) electrons. The van der Waals surface area contributed by atoms with Crippen LogP contribution in [0.5, 0.6) is 0 Å². The van der Waals surface area contributed by atoms with Gasteiger partial charge in [0.25, 0.3) is 5.91 Å². The van der Waals surface area contributed by atoms with E-state index in [9.17, 15) is 9.59 Å². The van der Waals surface area contributed by atoms with Crippen LogP contribution in [0.4, 0.5) is 5.82 Å². The second-order valence-electron chi connectivity index (χ2n) is 7.85. The first kappa shape index (κ1) is 19.3. The molecule has 2 aliphatic rings. The molecule has 156 valence electrons. The summed E-state index contributed by atoms with van der Waals surface area (Å²) in [7, 11) is 0. The minimum absolute atomic E-state index is 0.00123. The predicted octanol–water partition coefficient (Wildman–Crippen LogP) is 3.50. The Kier molecular flexibility index (Phi) is 5.12. The van der Waals surface area contributed by atoms with E-state index in [0.717, 1.165) is 30.0 Å². The zero-order chi connectivity index (χ0) is 21.2. The minimum atomic E-state index is -0.335. The maximum atomic E-state index is 13.1. The fraction of sp³-hybridized carbons (Fsp3) is 0.240. The fourth-order valence-electron chi connectivity index (χ4n) is 4.24. The van der Waals surface area contributed by atoms with Crippen molar-refractivity contribution in [2.75, 3.05) is 31.1 Å². The number of hydrogen-bond donors (Lipinski definition) is 0. The highest BCUT2D eigenvalue weighted by atomic mass is 16.5. The molecule has 2 aromatic carbocycles. The second kappa shape index (κ2) is 8.22. The summed E-state index contributed by atoms with van der Waals surface area (Å²) in [4.78, 5) is 34.1. The summed E-state index contributed by atoms with van der Waals surface area (Å²) < 4.78 is 5.62. The Balaban J connectivity index is 1.31. The molecule has 1 aromatic heterocycles. The van der Waals surface area contributed by atoms with E-state index in [0.29, 0.717) is 30.6 Å². The maximum Gasteiger partial charge on any atom is 0.339 e. The third-order valence-corrected chi connectivity index (χ3v) is 5.94. The van der Waals surface area contributed by atoms with Gasteiger partial charge in [0.2, 0.25) is 0 Å². The van der Waals surface area contributed by atoms with Crippen LogP contribution >= 0.6 is 0 Å².